The van der Waals surface area contributed by atoms with Gasteiger partial charge in [-0.3, -0.25) is 4.90 Å². The fraction of sp³-hybridized carbons (Fsp3) is 0.538. The number of benzene rings is 1. The molecule has 0 spiro atoms. The van der Waals surface area contributed by atoms with Crippen LogP contribution < -0.4 is 0 Å². The molecule has 1 heterocycles. The highest BCUT2D eigenvalue weighted by atomic mass is 32.1. The first-order valence-electron chi connectivity index (χ1n) is 5.64. The Kier molecular flexibility index (Phi) is 3.37. The van der Waals surface area contributed by atoms with Crippen molar-refractivity contribution < 1.29 is 0 Å². The predicted molar refractivity (Wildman–Crippen MR) is 68.3 cm³/mol. The number of hydrogen-bond acceptors (Lipinski definition) is 2. The molecule has 15 heavy (non-hydrogen) atoms. The van der Waals surface area contributed by atoms with Crippen molar-refractivity contribution in [2.45, 2.75) is 31.1 Å². The van der Waals surface area contributed by atoms with Crippen LogP contribution in [0.25, 0.3) is 0 Å². The van der Waals surface area contributed by atoms with Crippen molar-refractivity contribution >= 4 is 12.6 Å². The standard InChI is InChI=1S/C13H19NS/c1-13(15)8-5-9-14(11-13)10-12-6-3-2-4-7-12/h2-4,6-7,15H,5,8-11H2,1H3/t13-/m1/s1. The predicted octanol–water partition coefficient (Wildman–Crippen LogP) is 2.97. The summed E-state index contributed by atoms with van der Waals surface area (Å²) in [6.45, 7) is 5.63. The van der Waals surface area contributed by atoms with Crippen molar-refractivity contribution in [3.63, 3.8) is 0 Å². The molecule has 1 fully saturated rings. The van der Waals surface area contributed by atoms with E-state index >= 15 is 0 Å². The second-order valence-electron chi connectivity index (χ2n) is 4.80. The minimum Gasteiger partial charge on any atom is -0.298 e. The Morgan fingerprint density at radius 3 is 2.73 bits per heavy atom. The Morgan fingerprint density at radius 2 is 2.07 bits per heavy atom. The van der Waals surface area contributed by atoms with Crippen molar-refractivity contribution in [3.8, 4) is 0 Å². The number of hydrogen-bond donors (Lipinski definition) is 1. The molecule has 1 aromatic rings. The van der Waals surface area contributed by atoms with Gasteiger partial charge < -0.3 is 0 Å². The minimum absolute atomic E-state index is 0.201. The van der Waals surface area contributed by atoms with Crippen molar-refractivity contribution in [2.75, 3.05) is 13.1 Å². The fourth-order valence-corrected chi connectivity index (χ4v) is 2.66. The summed E-state index contributed by atoms with van der Waals surface area (Å²) in [5.74, 6) is 0. The van der Waals surface area contributed by atoms with Crippen LogP contribution in [-0.4, -0.2) is 22.7 Å². The third-order valence-corrected chi connectivity index (χ3v) is 3.37. The van der Waals surface area contributed by atoms with Crippen molar-refractivity contribution in [3.05, 3.63) is 35.9 Å². The molecule has 2 rings (SSSR count). The molecule has 0 saturated carbocycles. The van der Waals surface area contributed by atoms with Gasteiger partial charge in [-0.15, -0.1) is 0 Å². The first kappa shape index (κ1) is 11.0. The minimum atomic E-state index is 0.201. The Bertz CT molecular complexity index is 308. The summed E-state index contributed by atoms with van der Waals surface area (Å²) in [6.07, 6.45) is 2.51. The van der Waals surface area contributed by atoms with Crippen LogP contribution in [0.3, 0.4) is 0 Å². The van der Waals surface area contributed by atoms with Gasteiger partial charge in [0.2, 0.25) is 0 Å². The Balaban J connectivity index is 1.95. The molecule has 1 atom stereocenters. The van der Waals surface area contributed by atoms with E-state index in [1.807, 2.05) is 0 Å². The molecule has 1 nitrogen and oxygen atoms in total. The van der Waals surface area contributed by atoms with Gasteiger partial charge in [0.25, 0.3) is 0 Å². The first-order chi connectivity index (χ1) is 7.16. The molecule has 0 aliphatic carbocycles. The van der Waals surface area contributed by atoms with Crippen LogP contribution in [-0.2, 0) is 6.54 Å². The number of likely N-dealkylation sites (tertiary alicyclic amines) is 1. The summed E-state index contributed by atoms with van der Waals surface area (Å²) in [5, 5.41) is 0. The van der Waals surface area contributed by atoms with E-state index in [0.29, 0.717) is 0 Å². The lowest BCUT2D eigenvalue weighted by Gasteiger charge is -2.37. The molecule has 0 radical (unpaired) electrons. The lowest BCUT2D eigenvalue weighted by atomic mass is 9.98. The summed E-state index contributed by atoms with van der Waals surface area (Å²) in [5.41, 5.74) is 1.41. The first-order valence-corrected chi connectivity index (χ1v) is 6.09. The molecule has 0 unspecified atom stereocenters. The normalized spacial score (nSPS) is 27.9. The molecule has 2 heteroatoms. The second kappa shape index (κ2) is 4.58. The van der Waals surface area contributed by atoms with E-state index in [0.717, 1.165) is 13.1 Å². The molecule has 1 aromatic carbocycles. The van der Waals surface area contributed by atoms with Crippen LogP contribution in [0.2, 0.25) is 0 Å². The van der Waals surface area contributed by atoms with E-state index in [2.05, 4.69) is 42.2 Å². The van der Waals surface area contributed by atoms with E-state index in [-0.39, 0.29) is 4.75 Å². The van der Waals surface area contributed by atoms with Crippen LogP contribution >= 0.6 is 12.6 Å². The maximum atomic E-state index is 4.70. The molecular formula is C13H19NS. The largest absolute Gasteiger partial charge is 0.298 e. The van der Waals surface area contributed by atoms with Crippen molar-refractivity contribution in [2.24, 2.45) is 0 Å². The quantitative estimate of drug-likeness (QED) is 0.751. The van der Waals surface area contributed by atoms with Crippen LogP contribution in [0.15, 0.2) is 30.3 Å². The van der Waals surface area contributed by atoms with Gasteiger partial charge in [-0.05, 0) is 31.9 Å². The van der Waals surface area contributed by atoms with E-state index < -0.39 is 0 Å². The summed E-state index contributed by atoms with van der Waals surface area (Å²) in [4.78, 5) is 2.51. The number of piperidine rings is 1. The highest BCUT2D eigenvalue weighted by Crippen LogP contribution is 2.27. The van der Waals surface area contributed by atoms with Gasteiger partial charge in [-0.25, -0.2) is 0 Å². The number of thiol groups is 1. The smallest absolute Gasteiger partial charge is 0.0234 e. The summed E-state index contributed by atoms with van der Waals surface area (Å²) >= 11 is 4.70. The average molecular weight is 221 g/mol. The van der Waals surface area contributed by atoms with E-state index in [1.165, 1.54) is 24.9 Å². The van der Waals surface area contributed by atoms with Crippen molar-refractivity contribution in [1.82, 2.24) is 4.90 Å². The van der Waals surface area contributed by atoms with Crippen LogP contribution in [0.1, 0.15) is 25.3 Å². The monoisotopic (exact) mass is 221 g/mol. The maximum Gasteiger partial charge on any atom is 0.0234 e. The van der Waals surface area contributed by atoms with Gasteiger partial charge in [-0.2, -0.15) is 12.6 Å². The summed E-state index contributed by atoms with van der Waals surface area (Å²) < 4.78 is 0.201. The lowest BCUT2D eigenvalue weighted by molar-refractivity contribution is 0.194. The second-order valence-corrected chi connectivity index (χ2v) is 5.88. The Hall–Kier alpha value is -0.470. The van der Waals surface area contributed by atoms with Crippen LogP contribution in [0, 0.1) is 0 Å². The van der Waals surface area contributed by atoms with Gasteiger partial charge in [0.15, 0.2) is 0 Å². The highest BCUT2D eigenvalue weighted by Gasteiger charge is 2.26. The van der Waals surface area contributed by atoms with Crippen molar-refractivity contribution in [1.29, 1.82) is 0 Å². The molecule has 0 bridgehead atoms. The van der Waals surface area contributed by atoms with Gasteiger partial charge in [0, 0.05) is 17.8 Å². The van der Waals surface area contributed by atoms with E-state index in [1.54, 1.807) is 0 Å². The summed E-state index contributed by atoms with van der Waals surface area (Å²) in [7, 11) is 0. The van der Waals surface area contributed by atoms with Gasteiger partial charge in [-0.1, -0.05) is 30.3 Å². The number of nitrogens with zero attached hydrogens (tertiary/aromatic N) is 1. The zero-order valence-corrected chi connectivity index (χ0v) is 10.2. The molecule has 0 amide bonds. The van der Waals surface area contributed by atoms with Gasteiger partial charge >= 0.3 is 0 Å². The fourth-order valence-electron chi connectivity index (χ4n) is 2.30. The third kappa shape index (κ3) is 3.25. The molecule has 1 saturated heterocycles. The van der Waals surface area contributed by atoms with Crippen LogP contribution in [0.5, 0.6) is 0 Å². The molecule has 0 N–H and O–H groups in total. The molecular weight excluding hydrogens is 202 g/mol. The average Bonchev–Trinajstić information content (AvgIpc) is 2.17. The molecule has 1 aliphatic rings. The van der Waals surface area contributed by atoms with E-state index in [4.69, 9.17) is 12.6 Å². The highest BCUT2D eigenvalue weighted by molar-refractivity contribution is 7.81. The lowest BCUT2D eigenvalue weighted by Crippen LogP contribution is -2.42. The van der Waals surface area contributed by atoms with Crippen LogP contribution in [0.4, 0.5) is 0 Å². The van der Waals surface area contributed by atoms with Gasteiger partial charge in [0.05, 0.1) is 0 Å². The molecule has 0 aromatic heterocycles. The SMILES string of the molecule is C[C@@]1(S)CCCN(Cc2ccccc2)C1. The number of rotatable bonds is 2. The Labute approximate surface area is 97.9 Å². The molecule has 82 valence electrons. The zero-order valence-electron chi connectivity index (χ0n) is 9.32. The third-order valence-electron chi connectivity index (χ3n) is 3.00. The topological polar surface area (TPSA) is 3.24 Å². The maximum absolute atomic E-state index is 4.70. The van der Waals surface area contributed by atoms with Gasteiger partial charge in [0.1, 0.15) is 0 Å². The Morgan fingerprint density at radius 1 is 1.33 bits per heavy atom. The summed E-state index contributed by atoms with van der Waals surface area (Å²) in [6, 6.07) is 10.7. The zero-order chi connectivity index (χ0) is 10.7. The van der Waals surface area contributed by atoms with E-state index in [9.17, 15) is 0 Å². The molecule has 1 aliphatic heterocycles.